The summed E-state index contributed by atoms with van der Waals surface area (Å²) in [6.45, 7) is 1.58. The molecule has 2 aromatic rings. The van der Waals surface area contributed by atoms with Crippen LogP contribution >= 0.6 is 23.4 Å². The maximum atomic E-state index is 14.7. The number of nitrogens with one attached hydrogen (secondary N) is 1. The fourth-order valence-electron chi connectivity index (χ4n) is 5.15. The smallest absolute Gasteiger partial charge is 0.278 e. The Labute approximate surface area is 199 Å². The molecule has 33 heavy (non-hydrogen) atoms. The SMILES string of the molecule is Nc1nc(N2CCC3(CC2)CC(=O)C[C@@H]3N)cnc1Sc1ccc(Cl)c2c1C(F)(F)CCN2. The monoisotopic (exact) mass is 494 g/mol. The standard InChI is InChI=1S/C22H25ClF2N6OS/c23-13-1-2-14(17-18(13)28-6-3-22(17,24)25)33-20-19(27)30-16(11-29-20)31-7-4-21(5-8-31)10-12(32)9-15(21)26/h1-2,11,15,28H,3-10,26H2,(H2,27,30)/t15-/m0/s1. The highest BCUT2D eigenvalue weighted by atomic mass is 35.5. The van der Waals surface area contributed by atoms with Crippen LogP contribution in [0.5, 0.6) is 0 Å². The number of hydrogen-bond donors (Lipinski definition) is 3. The van der Waals surface area contributed by atoms with Crippen molar-refractivity contribution in [3.8, 4) is 0 Å². The van der Waals surface area contributed by atoms with Crippen molar-refractivity contribution in [1.29, 1.82) is 0 Å². The molecule has 3 heterocycles. The van der Waals surface area contributed by atoms with E-state index in [1.807, 2.05) is 0 Å². The van der Waals surface area contributed by atoms with Gasteiger partial charge in [0.25, 0.3) is 5.92 Å². The third-order valence-electron chi connectivity index (χ3n) is 7.05. The lowest BCUT2D eigenvalue weighted by molar-refractivity contribution is -0.118. The summed E-state index contributed by atoms with van der Waals surface area (Å²) in [5.41, 5.74) is 12.5. The number of Topliss-reactive ketones (excluding diaryl/α,β-unsaturated/α-hetero) is 1. The van der Waals surface area contributed by atoms with Crippen molar-refractivity contribution in [2.45, 2.75) is 54.0 Å². The summed E-state index contributed by atoms with van der Waals surface area (Å²) in [5, 5.41) is 3.60. The van der Waals surface area contributed by atoms with Gasteiger partial charge < -0.3 is 21.7 Å². The molecule has 1 spiro atoms. The molecule has 0 unspecified atom stereocenters. The van der Waals surface area contributed by atoms with E-state index in [2.05, 4.69) is 20.2 Å². The van der Waals surface area contributed by atoms with E-state index in [4.69, 9.17) is 23.1 Å². The Morgan fingerprint density at radius 1 is 1.24 bits per heavy atom. The van der Waals surface area contributed by atoms with Gasteiger partial charge in [0.05, 0.1) is 22.5 Å². The lowest BCUT2D eigenvalue weighted by atomic mass is 9.74. The molecule has 5 rings (SSSR count). The van der Waals surface area contributed by atoms with Crippen molar-refractivity contribution in [1.82, 2.24) is 9.97 Å². The van der Waals surface area contributed by atoms with Crippen molar-refractivity contribution >= 4 is 46.5 Å². The van der Waals surface area contributed by atoms with Gasteiger partial charge in [-0.15, -0.1) is 0 Å². The van der Waals surface area contributed by atoms with E-state index in [-0.39, 0.29) is 52.3 Å². The first-order chi connectivity index (χ1) is 15.7. The molecule has 2 fully saturated rings. The third-order valence-corrected chi connectivity index (χ3v) is 8.43. The number of nitrogens with two attached hydrogens (primary N) is 2. The average molecular weight is 495 g/mol. The second kappa shape index (κ2) is 8.25. The van der Waals surface area contributed by atoms with Crippen molar-refractivity contribution < 1.29 is 13.6 Å². The Bertz CT molecular complexity index is 1110. The lowest BCUT2D eigenvalue weighted by Gasteiger charge is -2.41. The minimum absolute atomic E-state index is 0.0833. The number of nitrogens with zero attached hydrogens (tertiary/aromatic N) is 3. The molecule has 1 saturated carbocycles. The lowest BCUT2D eigenvalue weighted by Crippen LogP contribution is -2.47. The number of carbonyl (C=O) groups is 1. The Morgan fingerprint density at radius 3 is 2.67 bits per heavy atom. The van der Waals surface area contributed by atoms with E-state index in [0.717, 1.165) is 24.6 Å². The van der Waals surface area contributed by atoms with Crippen LogP contribution < -0.4 is 21.7 Å². The van der Waals surface area contributed by atoms with Gasteiger partial charge in [0.2, 0.25) is 0 Å². The molecule has 5 N–H and O–H groups in total. The quantitative estimate of drug-likeness (QED) is 0.586. The molecule has 1 saturated heterocycles. The fourth-order valence-corrected chi connectivity index (χ4v) is 6.33. The molecule has 1 atom stereocenters. The number of anilines is 3. The van der Waals surface area contributed by atoms with E-state index in [9.17, 15) is 13.6 Å². The summed E-state index contributed by atoms with van der Waals surface area (Å²) in [6, 6.07) is 3.08. The minimum Gasteiger partial charge on any atom is -0.383 e. The van der Waals surface area contributed by atoms with Crippen LogP contribution in [-0.2, 0) is 10.7 Å². The molecule has 0 amide bonds. The summed E-state index contributed by atoms with van der Waals surface area (Å²) in [5.74, 6) is -1.94. The van der Waals surface area contributed by atoms with Gasteiger partial charge in [-0.1, -0.05) is 23.4 Å². The maximum absolute atomic E-state index is 14.7. The second-order valence-electron chi connectivity index (χ2n) is 9.07. The first-order valence-corrected chi connectivity index (χ1v) is 12.2. The van der Waals surface area contributed by atoms with Gasteiger partial charge in [0, 0.05) is 49.8 Å². The van der Waals surface area contributed by atoms with Crippen molar-refractivity contribution in [2.24, 2.45) is 11.1 Å². The molecule has 2 aliphatic heterocycles. The molecule has 0 radical (unpaired) electrons. The van der Waals surface area contributed by atoms with Gasteiger partial charge in [-0.05, 0) is 30.4 Å². The topological polar surface area (TPSA) is 110 Å². The number of carbonyl (C=O) groups excluding carboxylic acids is 1. The van der Waals surface area contributed by atoms with E-state index < -0.39 is 5.92 Å². The molecule has 1 aliphatic carbocycles. The highest BCUT2D eigenvalue weighted by Crippen LogP contribution is 2.49. The Kier molecular flexibility index (Phi) is 5.65. The van der Waals surface area contributed by atoms with Gasteiger partial charge in [0.1, 0.15) is 16.6 Å². The number of aromatic nitrogens is 2. The van der Waals surface area contributed by atoms with Crippen molar-refractivity contribution in [3.05, 3.63) is 28.9 Å². The van der Waals surface area contributed by atoms with Crippen molar-refractivity contribution in [2.75, 3.05) is 35.6 Å². The summed E-state index contributed by atoms with van der Waals surface area (Å²) >= 11 is 7.22. The van der Waals surface area contributed by atoms with Crippen LogP contribution in [0, 0.1) is 5.41 Å². The summed E-state index contributed by atoms with van der Waals surface area (Å²) in [6.07, 6.45) is 3.96. The third kappa shape index (κ3) is 4.02. The van der Waals surface area contributed by atoms with Gasteiger partial charge in [-0.25, -0.2) is 18.7 Å². The number of alkyl halides is 2. The van der Waals surface area contributed by atoms with Crippen LogP contribution in [-0.4, -0.2) is 41.4 Å². The molecule has 1 aromatic heterocycles. The largest absolute Gasteiger partial charge is 0.383 e. The van der Waals surface area contributed by atoms with E-state index in [1.54, 1.807) is 18.3 Å². The van der Waals surface area contributed by atoms with Crippen LogP contribution in [0.15, 0.2) is 28.3 Å². The van der Waals surface area contributed by atoms with Crippen LogP contribution in [0.3, 0.4) is 0 Å². The molecule has 0 bridgehead atoms. The Hall–Kier alpha value is -2.17. The fraction of sp³-hybridized carbons (Fsp3) is 0.500. The van der Waals surface area contributed by atoms with E-state index in [0.29, 0.717) is 41.7 Å². The van der Waals surface area contributed by atoms with Crippen LogP contribution in [0.2, 0.25) is 5.02 Å². The highest BCUT2D eigenvalue weighted by molar-refractivity contribution is 7.99. The zero-order valence-electron chi connectivity index (χ0n) is 17.9. The molecule has 7 nitrogen and oxygen atoms in total. The zero-order valence-corrected chi connectivity index (χ0v) is 19.5. The number of halogens is 3. The van der Waals surface area contributed by atoms with Gasteiger partial charge in [0.15, 0.2) is 5.82 Å². The number of rotatable bonds is 3. The van der Waals surface area contributed by atoms with Gasteiger partial charge in [-0.2, -0.15) is 0 Å². The summed E-state index contributed by atoms with van der Waals surface area (Å²) in [7, 11) is 0. The van der Waals surface area contributed by atoms with Crippen molar-refractivity contribution in [3.63, 3.8) is 0 Å². The van der Waals surface area contributed by atoms with E-state index in [1.165, 1.54) is 0 Å². The van der Waals surface area contributed by atoms with Gasteiger partial charge in [-0.3, -0.25) is 4.79 Å². The van der Waals surface area contributed by atoms with E-state index >= 15 is 0 Å². The number of fused-ring (bicyclic) bond motifs is 1. The van der Waals surface area contributed by atoms with Crippen LogP contribution in [0.25, 0.3) is 0 Å². The number of piperidine rings is 1. The highest BCUT2D eigenvalue weighted by Gasteiger charge is 2.47. The normalized spacial score (nSPS) is 23.5. The Balaban J connectivity index is 1.35. The number of benzene rings is 1. The average Bonchev–Trinajstić information content (AvgIpc) is 3.04. The summed E-state index contributed by atoms with van der Waals surface area (Å²) < 4.78 is 29.4. The molecule has 3 aliphatic rings. The summed E-state index contributed by atoms with van der Waals surface area (Å²) in [4.78, 5) is 23.2. The molecular formula is C22H25ClF2N6OS. The molecule has 11 heteroatoms. The first-order valence-electron chi connectivity index (χ1n) is 11.0. The number of nitrogen functional groups attached to an aromatic ring is 1. The zero-order chi connectivity index (χ0) is 23.4. The number of ketones is 1. The molecule has 1 aromatic carbocycles. The van der Waals surface area contributed by atoms with Gasteiger partial charge >= 0.3 is 0 Å². The van der Waals surface area contributed by atoms with Crippen LogP contribution in [0.1, 0.15) is 37.7 Å². The van der Waals surface area contributed by atoms with Crippen LogP contribution in [0.4, 0.5) is 26.1 Å². The molecule has 176 valence electrons. The second-order valence-corrected chi connectivity index (χ2v) is 10.5. The predicted molar refractivity (Wildman–Crippen MR) is 125 cm³/mol. The molecular weight excluding hydrogens is 470 g/mol. The predicted octanol–water partition coefficient (Wildman–Crippen LogP) is 4.05. The first kappa shape index (κ1) is 22.6. The maximum Gasteiger partial charge on any atom is 0.278 e. The Morgan fingerprint density at radius 2 is 2.00 bits per heavy atom. The number of hydrogen-bond acceptors (Lipinski definition) is 8. The minimum atomic E-state index is -3.00.